The second-order valence-corrected chi connectivity index (χ2v) is 7.39. The Kier molecular flexibility index (Phi) is 3.61. The number of fused-ring (bicyclic) bond motifs is 1. The van der Waals surface area contributed by atoms with Gasteiger partial charge in [0.05, 0.1) is 6.61 Å². The lowest BCUT2D eigenvalue weighted by molar-refractivity contribution is 0.210. The Bertz CT molecular complexity index is 472. The standard InChI is InChI=1S/C16H22BrNO/c1-16(2)8-3-4-15(16)18-13-7-9-19-14-6-5-11(17)10-12(13)14/h5-6,10,13,15,18H,3-4,7-9H2,1-2H3. The Morgan fingerprint density at radius 3 is 2.89 bits per heavy atom. The van der Waals surface area contributed by atoms with Crippen LogP contribution >= 0.6 is 15.9 Å². The zero-order valence-corrected chi connectivity index (χ0v) is 13.3. The van der Waals surface area contributed by atoms with Gasteiger partial charge < -0.3 is 10.1 Å². The summed E-state index contributed by atoms with van der Waals surface area (Å²) in [5.41, 5.74) is 1.73. The summed E-state index contributed by atoms with van der Waals surface area (Å²) < 4.78 is 6.90. The maximum Gasteiger partial charge on any atom is 0.124 e. The van der Waals surface area contributed by atoms with Gasteiger partial charge in [0.15, 0.2) is 0 Å². The van der Waals surface area contributed by atoms with Gasteiger partial charge >= 0.3 is 0 Å². The van der Waals surface area contributed by atoms with Gasteiger partial charge in [0.25, 0.3) is 0 Å². The molecule has 2 aliphatic rings. The van der Waals surface area contributed by atoms with E-state index in [4.69, 9.17) is 4.74 Å². The molecule has 0 spiro atoms. The van der Waals surface area contributed by atoms with Crippen LogP contribution in [0.2, 0.25) is 0 Å². The summed E-state index contributed by atoms with van der Waals surface area (Å²) in [6.07, 6.45) is 5.04. The Balaban J connectivity index is 1.82. The number of halogens is 1. The van der Waals surface area contributed by atoms with Crippen molar-refractivity contribution in [2.45, 2.75) is 51.6 Å². The predicted molar refractivity (Wildman–Crippen MR) is 81.6 cm³/mol. The number of hydrogen-bond donors (Lipinski definition) is 1. The van der Waals surface area contributed by atoms with Crippen LogP contribution in [-0.2, 0) is 0 Å². The molecule has 1 aromatic carbocycles. The molecule has 1 aliphatic carbocycles. The number of rotatable bonds is 2. The molecule has 1 aromatic rings. The summed E-state index contributed by atoms with van der Waals surface area (Å²) in [6, 6.07) is 7.40. The van der Waals surface area contributed by atoms with Crippen LogP contribution in [0.25, 0.3) is 0 Å². The van der Waals surface area contributed by atoms with Gasteiger partial charge in [-0.05, 0) is 36.5 Å². The zero-order valence-electron chi connectivity index (χ0n) is 11.7. The minimum Gasteiger partial charge on any atom is -0.493 e. The third kappa shape index (κ3) is 2.68. The average molecular weight is 324 g/mol. The lowest BCUT2D eigenvalue weighted by Crippen LogP contribution is -2.41. The summed E-state index contributed by atoms with van der Waals surface area (Å²) in [7, 11) is 0. The molecule has 1 aliphatic heterocycles. The van der Waals surface area contributed by atoms with E-state index >= 15 is 0 Å². The Morgan fingerprint density at radius 1 is 1.32 bits per heavy atom. The minimum atomic E-state index is 0.421. The second-order valence-electron chi connectivity index (χ2n) is 6.47. The molecule has 104 valence electrons. The Labute approximate surface area is 124 Å². The van der Waals surface area contributed by atoms with Gasteiger partial charge in [-0.3, -0.25) is 0 Å². The van der Waals surface area contributed by atoms with Crippen LogP contribution < -0.4 is 10.1 Å². The molecule has 1 saturated carbocycles. The van der Waals surface area contributed by atoms with Crippen molar-refractivity contribution >= 4 is 15.9 Å². The van der Waals surface area contributed by atoms with Crippen molar-refractivity contribution in [3.05, 3.63) is 28.2 Å². The van der Waals surface area contributed by atoms with E-state index in [0.29, 0.717) is 17.5 Å². The monoisotopic (exact) mass is 323 g/mol. The predicted octanol–water partition coefficient (Wildman–Crippen LogP) is 4.44. The number of benzene rings is 1. The number of hydrogen-bond acceptors (Lipinski definition) is 2. The third-order valence-corrected chi connectivity index (χ3v) is 5.16. The molecule has 2 atom stereocenters. The fourth-order valence-corrected chi connectivity index (χ4v) is 3.80. The van der Waals surface area contributed by atoms with Crippen molar-refractivity contribution in [3.63, 3.8) is 0 Å². The molecule has 19 heavy (non-hydrogen) atoms. The highest BCUT2D eigenvalue weighted by molar-refractivity contribution is 9.10. The second kappa shape index (κ2) is 5.10. The van der Waals surface area contributed by atoms with Gasteiger partial charge in [-0.1, -0.05) is 36.2 Å². The smallest absolute Gasteiger partial charge is 0.124 e. The fourth-order valence-electron chi connectivity index (χ4n) is 3.42. The lowest BCUT2D eigenvalue weighted by Gasteiger charge is -2.35. The van der Waals surface area contributed by atoms with Gasteiger partial charge in [0, 0.05) is 28.5 Å². The molecule has 3 rings (SSSR count). The molecule has 0 radical (unpaired) electrons. The molecule has 3 heteroatoms. The van der Waals surface area contributed by atoms with Crippen molar-refractivity contribution in [3.8, 4) is 5.75 Å². The molecule has 0 amide bonds. The molecule has 1 N–H and O–H groups in total. The van der Waals surface area contributed by atoms with E-state index in [9.17, 15) is 0 Å². The summed E-state index contributed by atoms with van der Waals surface area (Å²) in [4.78, 5) is 0. The summed E-state index contributed by atoms with van der Waals surface area (Å²) in [5, 5.41) is 3.89. The molecule has 1 fully saturated rings. The van der Waals surface area contributed by atoms with E-state index in [-0.39, 0.29) is 0 Å². The Morgan fingerprint density at radius 2 is 2.16 bits per heavy atom. The lowest BCUT2D eigenvalue weighted by atomic mass is 9.86. The van der Waals surface area contributed by atoms with Crippen LogP contribution in [-0.4, -0.2) is 12.6 Å². The Hall–Kier alpha value is -0.540. The molecular formula is C16H22BrNO. The molecule has 0 aromatic heterocycles. The van der Waals surface area contributed by atoms with Gasteiger partial charge in [-0.25, -0.2) is 0 Å². The van der Waals surface area contributed by atoms with E-state index in [1.807, 2.05) is 0 Å². The zero-order chi connectivity index (χ0) is 13.5. The topological polar surface area (TPSA) is 21.3 Å². The molecule has 2 unspecified atom stereocenters. The van der Waals surface area contributed by atoms with Gasteiger partial charge in [-0.15, -0.1) is 0 Å². The van der Waals surface area contributed by atoms with E-state index in [1.165, 1.54) is 24.8 Å². The summed E-state index contributed by atoms with van der Waals surface area (Å²) in [6.45, 7) is 5.59. The van der Waals surface area contributed by atoms with E-state index in [2.05, 4.69) is 53.3 Å². The van der Waals surface area contributed by atoms with E-state index in [0.717, 1.165) is 23.2 Å². The van der Waals surface area contributed by atoms with E-state index in [1.54, 1.807) is 0 Å². The van der Waals surface area contributed by atoms with Gasteiger partial charge in [0.2, 0.25) is 0 Å². The first kappa shape index (κ1) is 13.4. The van der Waals surface area contributed by atoms with Crippen LogP contribution in [0.4, 0.5) is 0 Å². The fraction of sp³-hybridized carbons (Fsp3) is 0.625. The van der Waals surface area contributed by atoms with Crippen LogP contribution in [0.1, 0.15) is 51.1 Å². The number of nitrogens with one attached hydrogen (secondary N) is 1. The SMILES string of the molecule is CC1(C)CCCC1NC1CCOc2ccc(Br)cc21. The third-order valence-electron chi connectivity index (χ3n) is 4.67. The first-order chi connectivity index (χ1) is 9.06. The summed E-state index contributed by atoms with van der Waals surface area (Å²) in [5.74, 6) is 1.04. The van der Waals surface area contributed by atoms with Crippen LogP contribution in [0.5, 0.6) is 5.75 Å². The molecule has 2 nitrogen and oxygen atoms in total. The highest BCUT2D eigenvalue weighted by atomic mass is 79.9. The normalized spacial score (nSPS) is 28.8. The average Bonchev–Trinajstić information content (AvgIpc) is 2.69. The molecular weight excluding hydrogens is 302 g/mol. The summed E-state index contributed by atoms with van der Waals surface area (Å²) >= 11 is 3.57. The minimum absolute atomic E-state index is 0.421. The first-order valence-corrected chi connectivity index (χ1v) is 8.04. The first-order valence-electron chi connectivity index (χ1n) is 7.24. The van der Waals surface area contributed by atoms with Crippen LogP contribution in [0, 0.1) is 5.41 Å². The maximum absolute atomic E-state index is 5.76. The molecule has 0 bridgehead atoms. The van der Waals surface area contributed by atoms with Gasteiger partial charge in [0.1, 0.15) is 5.75 Å². The highest BCUT2D eigenvalue weighted by Gasteiger charge is 2.36. The molecule has 0 saturated heterocycles. The quantitative estimate of drug-likeness (QED) is 0.868. The van der Waals surface area contributed by atoms with E-state index < -0.39 is 0 Å². The highest BCUT2D eigenvalue weighted by Crippen LogP contribution is 2.41. The van der Waals surface area contributed by atoms with Crippen molar-refractivity contribution in [2.24, 2.45) is 5.41 Å². The largest absolute Gasteiger partial charge is 0.493 e. The molecule has 1 heterocycles. The van der Waals surface area contributed by atoms with Gasteiger partial charge in [-0.2, -0.15) is 0 Å². The van der Waals surface area contributed by atoms with Crippen LogP contribution in [0.15, 0.2) is 22.7 Å². The van der Waals surface area contributed by atoms with Crippen molar-refractivity contribution in [1.82, 2.24) is 5.32 Å². The van der Waals surface area contributed by atoms with Crippen molar-refractivity contribution in [2.75, 3.05) is 6.61 Å². The maximum atomic E-state index is 5.76. The van der Waals surface area contributed by atoms with Crippen LogP contribution in [0.3, 0.4) is 0 Å². The number of ether oxygens (including phenoxy) is 1. The van der Waals surface area contributed by atoms with Crippen molar-refractivity contribution in [1.29, 1.82) is 0 Å². The van der Waals surface area contributed by atoms with Crippen molar-refractivity contribution < 1.29 is 4.74 Å².